The quantitative estimate of drug-likeness (QED) is 0.309. The Hall–Kier alpha value is -0.913. The van der Waals surface area contributed by atoms with Gasteiger partial charge in [-0.2, -0.15) is 0 Å². The number of carbonyl (C=O) groups is 1. The first kappa shape index (κ1) is 20.1. The van der Waals surface area contributed by atoms with Gasteiger partial charge in [-0.1, -0.05) is 39.0 Å². The van der Waals surface area contributed by atoms with E-state index in [2.05, 4.69) is 39.9 Å². The van der Waals surface area contributed by atoms with Crippen molar-refractivity contribution in [3.8, 4) is 0 Å². The molecule has 0 spiro atoms. The summed E-state index contributed by atoms with van der Waals surface area (Å²) in [6, 6.07) is 0. The van der Waals surface area contributed by atoms with Gasteiger partial charge in [0.2, 0.25) is 0 Å². The van der Waals surface area contributed by atoms with Crippen LogP contribution in [0.1, 0.15) is 34.1 Å². The standard InChI is InChI=1S/C16H31NO3Si/c1-9-11-14(20-21(7,8)16(2,3)4)12-10-13-15(18)17(5)19-6/h9-11,13-14H,12H2,1-8H3/b11-9+,13-10+/t14-/m0/s1. The Kier molecular flexibility index (Phi) is 8.14. The lowest BCUT2D eigenvalue weighted by molar-refractivity contribution is -0.162. The largest absolute Gasteiger partial charge is 0.410 e. The van der Waals surface area contributed by atoms with Gasteiger partial charge in [0.25, 0.3) is 5.91 Å². The Labute approximate surface area is 130 Å². The molecule has 0 aliphatic heterocycles. The summed E-state index contributed by atoms with van der Waals surface area (Å²) < 4.78 is 6.36. The molecule has 5 heteroatoms. The highest BCUT2D eigenvalue weighted by Crippen LogP contribution is 2.37. The molecule has 0 saturated carbocycles. The van der Waals surface area contributed by atoms with Crippen molar-refractivity contribution in [2.24, 2.45) is 0 Å². The zero-order valence-corrected chi connectivity index (χ0v) is 15.8. The third kappa shape index (κ3) is 7.06. The predicted molar refractivity (Wildman–Crippen MR) is 90.4 cm³/mol. The van der Waals surface area contributed by atoms with Crippen molar-refractivity contribution in [3.05, 3.63) is 24.3 Å². The van der Waals surface area contributed by atoms with E-state index in [9.17, 15) is 4.79 Å². The van der Waals surface area contributed by atoms with Crippen LogP contribution in [0.15, 0.2) is 24.3 Å². The van der Waals surface area contributed by atoms with Crippen LogP contribution in [0.5, 0.6) is 0 Å². The summed E-state index contributed by atoms with van der Waals surface area (Å²) in [6.07, 6.45) is 8.10. The fraction of sp³-hybridized carbons (Fsp3) is 0.688. The lowest BCUT2D eigenvalue weighted by Crippen LogP contribution is -2.43. The fourth-order valence-electron chi connectivity index (χ4n) is 1.43. The maximum absolute atomic E-state index is 11.6. The number of allylic oxidation sites excluding steroid dienone is 1. The number of amides is 1. The highest BCUT2D eigenvalue weighted by Gasteiger charge is 2.38. The van der Waals surface area contributed by atoms with E-state index in [1.54, 1.807) is 7.05 Å². The van der Waals surface area contributed by atoms with E-state index in [1.807, 2.05) is 19.1 Å². The van der Waals surface area contributed by atoms with Crippen molar-refractivity contribution in [2.45, 2.75) is 58.4 Å². The minimum absolute atomic E-state index is 0.00722. The van der Waals surface area contributed by atoms with Gasteiger partial charge in [0.15, 0.2) is 8.32 Å². The first-order chi connectivity index (χ1) is 9.55. The molecule has 0 N–H and O–H groups in total. The topological polar surface area (TPSA) is 38.8 Å². The Morgan fingerprint density at radius 1 is 1.33 bits per heavy atom. The normalized spacial score (nSPS) is 14.9. The van der Waals surface area contributed by atoms with E-state index < -0.39 is 8.32 Å². The Bertz CT molecular complexity index is 383. The average molecular weight is 314 g/mol. The second kappa shape index (κ2) is 8.51. The van der Waals surface area contributed by atoms with Gasteiger partial charge in [-0.15, -0.1) is 0 Å². The lowest BCUT2D eigenvalue weighted by Gasteiger charge is -2.38. The van der Waals surface area contributed by atoms with Crippen molar-refractivity contribution in [3.63, 3.8) is 0 Å². The van der Waals surface area contributed by atoms with Gasteiger partial charge in [0, 0.05) is 13.1 Å². The third-order valence-corrected chi connectivity index (χ3v) is 8.38. The van der Waals surface area contributed by atoms with Crippen LogP contribution in [-0.4, -0.2) is 39.5 Å². The number of hydrogen-bond acceptors (Lipinski definition) is 3. The maximum Gasteiger partial charge on any atom is 0.269 e. The van der Waals surface area contributed by atoms with E-state index >= 15 is 0 Å². The van der Waals surface area contributed by atoms with E-state index in [0.717, 1.165) is 0 Å². The Balaban J connectivity index is 4.73. The molecular weight excluding hydrogens is 282 g/mol. The monoisotopic (exact) mass is 313 g/mol. The molecular formula is C16H31NO3Si. The van der Waals surface area contributed by atoms with Crippen molar-refractivity contribution in [1.82, 2.24) is 5.06 Å². The summed E-state index contributed by atoms with van der Waals surface area (Å²) in [6.45, 7) is 13.1. The zero-order chi connectivity index (χ0) is 16.7. The van der Waals surface area contributed by atoms with Crippen LogP contribution < -0.4 is 0 Å². The Morgan fingerprint density at radius 3 is 2.33 bits per heavy atom. The third-order valence-electron chi connectivity index (χ3n) is 3.87. The summed E-state index contributed by atoms with van der Waals surface area (Å²) in [5.41, 5.74) is 0. The van der Waals surface area contributed by atoms with Gasteiger partial charge in [0.1, 0.15) is 0 Å². The number of likely N-dealkylation sites (N-methyl/N-ethyl adjacent to an activating group) is 1. The van der Waals surface area contributed by atoms with E-state index in [1.165, 1.54) is 18.2 Å². The maximum atomic E-state index is 11.6. The summed E-state index contributed by atoms with van der Waals surface area (Å²) in [5, 5.41) is 1.36. The van der Waals surface area contributed by atoms with Gasteiger partial charge in [-0.3, -0.25) is 9.63 Å². The minimum Gasteiger partial charge on any atom is -0.410 e. The predicted octanol–water partition coefficient (Wildman–Crippen LogP) is 3.92. The number of hydrogen-bond donors (Lipinski definition) is 0. The summed E-state index contributed by atoms with van der Waals surface area (Å²) >= 11 is 0. The molecule has 0 aromatic rings. The van der Waals surface area contributed by atoms with Crippen molar-refractivity contribution in [1.29, 1.82) is 0 Å². The first-order valence-corrected chi connectivity index (χ1v) is 10.2. The SMILES string of the molecule is C/C=C/[C@@H](C/C=C/C(=O)N(C)OC)O[Si](C)(C)C(C)(C)C. The van der Waals surface area contributed by atoms with Crippen LogP contribution in [0.3, 0.4) is 0 Å². The van der Waals surface area contributed by atoms with Crippen LogP contribution in [0.25, 0.3) is 0 Å². The van der Waals surface area contributed by atoms with Gasteiger partial charge in [0.05, 0.1) is 13.2 Å². The molecule has 0 unspecified atom stereocenters. The summed E-state index contributed by atoms with van der Waals surface area (Å²) in [5.74, 6) is -0.177. The second-order valence-electron chi connectivity index (χ2n) is 6.60. The lowest BCUT2D eigenvalue weighted by atomic mass is 10.2. The molecule has 0 aliphatic carbocycles. The van der Waals surface area contributed by atoms with Crippen molar-refractivity contribution >= 4 is 14.2 Å². The fourth-order valence-corrected chi connectivity index (χ4v) is 2.72. The molecule has 0 aromatic carbocycles. The van der Waals surface area contributed by atoms with Gasteiger partial charge < -0.3 is 4.43 Å². The number of rotatable bonds is 7. The Morgan fingerprint density at radius 2 is 1.90 bits per heavy atom. The zero-order valence-electron chi connectivity index (χ0n) is 14.8. The van der Waals surface area contributed by atoms with E-state index in [4.69, 9.17) is 9.26 Å². The van der Waals surface area contributed by atoms with Crippen LogP contribution in [0.2, 0.25) is 18.1 Å². The van der Waals surface area contributed by atoms with Crippen LogP contribution in [0.4, 0.5) is 0 Å². The van der Waals surface area contributed by atoms with E-state index in [-0.39, 0.29) is 17.0 Å². The van der Waals surface area contributed by atoms with Crippen LogP contribution in [-0.2, 0) is 14.1 Å². The average Bonchev–Trinajstić information content (AvgIpc) is 2.36. The molecule has 0 heterocycles. The molecule has 0 radical (unpaired) electrons. The molecule has 1 amide bonds. The molecule has 21 heavy (non-hydrogen) atoms. The molecule has 0 fully saturated rings. The molecule has 122 valence electrons. The van der Waals surface area contributed by atoms with Gasteiger partial charge in [-0.05, 0) is 31.5 Å². The summed E-state index contributed by atoms with van der Waals surface area (Å²) in [7, 11) is 1.24. The van der Waals surface area contributed by atoms with Gasteiger partial charge >= 0.3 is 0 Å². The number of nitrogens with zero attached hydrogens (tertiary/aromatic N) is 1. The second-order valence-corrected chi connectivity index (χ2v) is 11.4. The highest BCUT2D eigenvalue weighted by atomic mass is 28.4. The van der Waals surface area contributed by atoms with Gasteiger partial charge in [-0.25, -0.2) is 5.06 Å². The molecule has 1 atom stereocenters. The van der Waals surface area contributed by atoms with Crippen molar-refractivity contribution < 1.29 is 14.1 Å². The van der Waals surface area contributed by atoms with E-state index in [0.29, 0.717) is 6.42 Å². The van der Waals surface area contributed by atoms with Crippen molar-refractivity contribution in [2.75, 3.05) is 14.2 Å². The highest BCUT2D eigenvalue weighted by molar-refractivity contribution is 6.74. The molecule has 0 rings (SSSR count). The van der Waals surface area contributed by atoms with Crippen LogP contribution in [0, 0.1) is 0 Å². The molecule has 0 saturated heterocycles. The molecule has 0 aliphatic rings. The molecule has 0 aromatic heterocycles. The summed E-state index contributed by atoms with van der Waals surface area (Å²) in [4.78, 5) is 16.5. The number of hydroxylamine groups is 2. The van der Waals surface area contributed by atoms with Crippen LogP contribution >= 0.6 is 0 Å². The minimum atomic E-state index is -1.82. The molecule has 0 bridgehead atoms. The molecule has 4 nitrogen and oxygen atoms in total. The first-order valence-electron chi connectivity index (χ1n) is 7.34. The number of carbonyl (C=O) groups excluding carboxylic acids is 1. The smallest absolute Gasteiger partial charge is 0.269 e.